The van der Waals surface area contributed by atoms with Crippen LogP contribution in [0.3, 0.4) is 0 Å². The molecule has 5 atom stereocenters. The quantitative estimate of drug-likeness (QED) is 0.660. The van der Waals surface area contributed by atoms with Gasteiger partial charge in [-0.2, -0.15) is 5.26 Å². The van der Waals surface area contributed by atoms with E-state index in [0.717, 1.165) is 12.5 Å². The van der Waals surface area contributed by atoms with Crippen molar-refractivity contribution in [3.05, 3.63) is 0 Å². The highest BCUT2D eigenvalue weighted by Gasteiger charge is 2.67. The van der Waals surface area contributed by atoms with Crippen molar-refractivity contribution < 1.29 is 4.79 Å². The Balaban J connectivity index is 1.72. The number of hydrogen-bond donors (Lipinski definition) is 1. The van der Waals surface area contributed by atoms with Gasteiger partial charge in [0, 0.05) is 13.0 Å². The second kappa shape index (κ2) is 2.88. The maximum atomic E-state index is 11.3. The summed E-state index contributed by atoms with van der Waals surface area (Å²) in [4.78, 5) is 13.2. The lowest BCUT2D eigenvalue weighted by Crippen LogP contribution is -2.69. The summed E-state index contributed by atoms with van der Waals surface area (Å²) in [6.45, 7) is 2.78. The zero-order valence-corrected chi connectivity index (χ0v) is 8.81. The van der Waals surface area contributed by atoms with Crippen molar-refractivity contribution in [2.24, 2.45) is 17.8 Å². The van der Waals surface area contributed by atoms with Gasteiger partial charge in [0.1, 0.15) is 0 Å². The number of amides is 1. The number of likely N-dealkylation sites (tertiary alicyclic amines) is 1. The summed E-state index contributed by atoms with van der Waals surface area (Å²) in [6.07, 6.45) is 4.00. The smallest absolute Gasteiger partial charge is 0.220 e. The van der Waals surface area contributed by atoms with Crippen LogP contribution in [0.25, 0.3) is 0 Å². The second-order valence-corrected chi connectivity index (χ2v) is 4.93. The maximum Gasteiger partial charge on any atom is 0.220 e. The topological polar surface area (TPSA) is 56.1 Å². The Bertz CT molecular complexity index is 348. The lowest BCUT2D eigenvalue weighted by molar-refractivity contribution is -0.128. The summed E-state index contributed by atoms with van der Waals surface area (Å²) in [6, 6.07) is 0.565. The third kappa shape index (κ3) is 0.983. The molecule has 3 rings (SSSR count). The fourth-order valence-electron chi connectivity index (χ4n) is 3.64. The SMILES string of the molecule is CCC(=O)NC1C2CC3CN(C#N)C1C32. The van der Waals surface area contributed by atoms with Crippen LogP contribution in [-0.4, -0.2) is 29.4 Å². The van der Waals surface area contributed by atoms with Gasteiger partial charge >= 0.3 is 0 Å². The van der Waals surface area contributed by atoms with E-state index in [1.54, 1.807) is 0 Å². The molecule has 0 aromatic heterocycles. The Morgan fingerprint density at radius 3 is 3.13 bits per heavy atom. The van der Waals surface area contributed by atoms with E-state index >= 15 is 0 Å². The first-order valence-corrected chi connectivity index (χ1v) is 5.72. The first-order valence-electron chi connectivity index (χ1n) is 5.72. The van der Waals surface area contributed by atoms with Gasteiger partial charge in [-0.25, -0.2) is 0 Å². The molecule has 3 fully saturated rings. The summed E-state index contributed by atoms with van der Waals surface area (Å²) in [5, 5.41) is 12.1. The first kappa shape index (κ1) is 9.02. The Kier molecular flexibility index (Phi) is 1.73. The summed E-state index contributed by atoms with van der Waals surface area (Å²) < 4.78 is 0. The van der Waals surface area contributed by atoms with Gasteiger partial charge in [-0.15, -0.1) is 0 Å². The third-order valence-corrected chi connectivity index (χ3v) is 4.41. The Morgan fingerprint density at radius 2 is 2.47 bits per heavy atom. The van der Waals surface area contributed by atoms with Gasteiger partial charge in [-0.05, 0) is 24.2 Å². The molecule has 0 bridgehead atoms. The number of nitrogens with zero attached hydrogens (tertiary/aromatic N) is 2. The standard InChI is InChI=1S/C11H15N3O/c1-2-8(15)13-10-7-3-6-4-14(5-12)11(10)9(6)7/h6-7,9-11H,2-4H2,1H3,(H,13,15). The van der Waals surface area contributed by atoms with Crippen molar-refractivity contribution >= 4 is 5.91 Å². The second-order valence-electron chi connectivity index (χ2n) is 4.93. The lowest BCUT2D eigenvalue weighted by atomic mass is 9.50. The van der Waals surface area contributed by atoms with Gasteiger partial charge in [-0.3, -0.25) is 4.79 Å². The molecule has 15 heavy (non-hydrogen) atoms. The van der Waals surface area contributed by atoms with Crippen LogP contribution >= 0.6 is 0 Å². The van der Waals surface area contributed by atoms with Crippen molar-refractivity contribution in [3.63, 3.8) is 0 Å². The van der Waals surface area contributed by atoms with Crippen molar-refractivity contribution in [1.29, 1.82) is 5.26 Å². The van der Waals surface area contributed by atoms with Crippen LogP contribution < -0.4 is 5.32 Å². The lowest BCUT2D eigenvalue weighted by Gasteiger charge is -2.58. The molecule has 0 spiro atoms. The van der Waals surface area contributed by atoms with Crippen LogP contribution in [0.15, 0.2) is 0 Å². The first-order chi connectivity index (χ1) is 7.26. The highest BCUT2D eigenvalue weighted by molar-refractivity contribution is 5.76. The average Bonchev–Trinajstić information content (AvgIpc) is 2.35. The van der Waals surface area contributed by atoms with Gasteiger partial charge in [0.15, 0.2) is 6.19 Å². The largest absolute Gasteiger partial charge is 0.351 e. The fraction of sp³-hybridized carbons (Fsp3) is 0.818. The minimum atomic E-state index is 0.117. The highest BCUT2D eigenvalue weighted by atomic mass is 16.1. The predicted molar refractivity (Wildman–Crippen MR) is 53.4 cm³/mol. The van der Waals surface area contributed by atoms with Crippen molar-refractivity contribution in [3.8, 4) is 6.19 Å². The van der Waals surface area contributed by atoms with E-state index in [1.807, 2.05) is 11.8 Å². The molecule has 0 radical (unpaired) electrons. The van der Waals surface area contributed by atoms with Gasteiger partial charge in [0.25, 0.3) is 0 Å². The minimum Gasteiger partial charge on any atom is -0.351 e. The number of hydrogen-bond acceptors (Lipinski definition) is 3. The molecule has 2 aliphatic carbocycles. The zero-order chi connectivity index (χ0) is 10.6. The van der Waals surface area contributed by atoms with E-state index in [0.29, 0.717) is 24.3 Å². The van der Waals surface area contributed by atoms with E-state index in [9.17, 15) is 4.79 Å². The number of rotatable bonds is 2. The molecule has 1 saturated heterocycles. The van der Waals surface area contributed by atoms with Gasteiger partial charge in [0.05, 0.1) is 12.1 Å². The normalized spacial score (nSPS) is 44.8. The molecule has 80 valence electrons. The third-order valence-electron chi connectivity index (χ3n) is 4.41. The number of carbonyl (C=O) groups is 1. The van der Waals surface area contributed by atoms with Crippen molar-refractivity contribution in [2.75, 3.05) is 6.54 Å². The number of nitrogens with one attached hydrogen (secondary N) is 1. The maximum absolute atomic E-state index is 11.3. The van der Waals surface area contributed by atoms with Crippen LogP contribution in [-0.2, 0) is 4.79 Å². The molecule has 1 N–H and O–H groups in total. The van der Waals surface area contributed by atoms with E-state index in [1.165, 1.54) is 6.42 Å². The van der Waals surface area contributed by atoms with Gasteiger partial charge in [-0.1, -0.05) is 6.92 Å². The molecule has 4 nitrogen and oxygen atoms in total. The van der Waals surface area contributed by atoms with E-state index < -0.39 is 0 Å². The molecule has 1 heterocycles. The predicted octanol–water partition coefficient (Wildman–Crippen LogP) is 0.312. The van der Waals surface area contributed by atoms with Crippen molar-refractivity contribution in [1.82, 2.24) is 10.2 Å². The zero-order valence-electron chi connectivity index (χ0n) is 8.81. The van der Waals surface area contributed by atoms with Crippen LogP contribution in [0, 0.1) is 29.2 Å². The molecule has 5 unspecified atom stereocenters. The summed E-state index contributed by atoms with van der Waals surface area (Å²) in [5.41, 5.74) is 0. The van der Waals surface area contributed by atoms with Gasteiger partial charge < -0.3 is 10.2 Å². The van der Waals surface area contributed by atoms with E-state index in [4.69, 9.17) is 5.26 Å². The molecule has 1 aliphatic heterocycles. The Morgan fingerprint density at radius 1 is 1.67 bits per heavy atom. The van der Waals surface area contributed by atoms with Crippen molar-refractivity contribution in [2.45, 2.75) is 31.8 Å². The summed E-state index contributed by atoms with van der Waals surface area (Å²) in [7, 11) is 0. The number of carbonyl (C=O) groups excluding carboxylic acids is 1. The molecule has 1 amide bonds. The monoisotopic (exact) mass is 205 g/mol. The number of nitriles is 1. The molecule has 2 saturated carbocycles. The highest BCUT2D eigenvalue weighted by Crippen LogP contribution is 2.60. The average molecular weight is 205 g/mol. The van der Waals surface area contributed by atoms with Crippen LogP contribution in [0.4, 0.5) is 0 Å². The molecule has 3 aliphatic rings. The minimum absolute atomic E-state index is 0.117. The van der Waals surface area contributed by atoms with E-state index in [-0.39, 0.29) is 11.9 Å². The summed E-state index contributed by atoms with van der Waals surface area (Å²) in [5.74, 6) is 2.21. The molecule has 0 aromatic rings. The molecular weight excluding hydrogens is 190 g/mol. The van der Waals surface area contributed by atoms with Crippen LogP contribution in [0.5, 0.6) is 0 Å². The Labute approximate surface area is 89.2 Å². The Hall–Kier alpha value is -1.24. The molecule has 0 aromatic carbocycles. The van der Waals surface area contributed by atoms with Crippen LogP contribution in [0.2, 0.25) is 0 Å². The van der Waals surface area contributed by atoms with Crippen LogP contribution in [0.1, 0.15) is 19.8 Å². The molecular formula is C11H15N3O. The summed E-state index contributed by atoms with van der Waals surface area (Å²) >= 11 is 0. The molecule has 4 heteroatoms. The van der Waals surface area contributed by atoms with E-state index in [2.05, 4.69) is 11.5 Å². The fourth-order valence-corrected chi connectivity index (χ4v) is 3.64. The van der Waals surface area contributed by atoms with Gasteiger partial charge in [0.2, 0.25) is 5.91 Å².